The van der Waals surface area contributed by atoms with Gasteiger partial charge in [0.1, 0.15) is 11.5 Å². The summed E-state index contributed by atoms with van der Waals surface area (Å²) in [6.07, 6.45) is 1.59. The first-order valence-electron chi connectivity index (χ1n) is 6.81. The molecule has 0 fully saturated rings. The van der Waals surface area contributed by atoms with Gasteiger partial charge in [-0.3, -0.25) is 4.79 Å². The zero-order valence-electron chi connectivity index (χ0n) is 12.7. The summed E-state index contributed by atoms with van der Waals surface area (Å²) < 4.78 is 0. The van der Waals surface area contributed by atoms with Gasteiger partial charge in [-0.25, -0.2) is 5.43 Å². The van der Waals surface area contributed by atoms with Gasteiger partial charge < -0.3 is 10.2 Å². The molecule has 0 aliphatic heterocycles. The fourth-order valence-corrected chi connectivity index (χ4v) is 2.34. The molecular weight excluding hydrogens is 280 g/mol. The van der Waals surface area contributed by atoms with Crippen molar-refractivity contribution in [3.05, 3.63) is 58.1 Å². The zero-order chi connectivity index (χ0) is 16.3. The lowest BCUT2D eigenvalue weighted by atomic mass is 10.0. The summed E-state index contributed by atoms with van der Waals surface area (Å²) in [6.45, 7) is 5.99. The number of hydrogen-bond acceptors (Lipinski definition) is 4. The zero-order valence-corrected chi connectivity index (χ0v) is 12.7. The van der Waals surface area contributed by atoms with Crippen LogP contribution in [0.5, 0.6) is 11.5 Å². The molecule has 2 aromatic rings. The second-order valence-electron chi connectivity index (χ2n) is 5.25. The maximum absolute atomic E-state index is 11.9. The molecule has 0 aliphatic rings. The number of rotatable bonds is 3. The van der Waals surface area contributed by atoms with E-state index in [2.05, 4.69) is 10.5 Å². The lowest BCUT2D eigenvalue weighted by molar-refractivity contribution is 0.0954. The number of phenols is 2. The van der Waals surface area contributed by atoms with Crippen LogP contribution in [0.25, 0.3) is 0 Å². The summed E-state index contributed by atoms with van der Waals surface area (Å²) in [7, 11) is 0. The van der Waals surface area contributed by atoms with E-state index in [1.165, 1.54) is 17.7 Å². The molecule has 1 amide bonds. The second kappa shape index (κ2) is 6.30. The van der Waals surface area contributed by atoms with Gasteiger partial charge in [0.05, 0.1) is 6.21 Å². The van der Waals surface area contributed by atoms with E-state index in [-0.39, 0.29) is 17.1 Å². The Kier molecular flexibility index (Phi) is 4.46. The third-order valence-electron chi connectivity index (χ3n) is 3.26. The van der Waals surface area contributed by atoms with Crippen LogP contribution in [0.3, 0.4) is 0 Å². The normalized spacial score (nSPS) is 10.9. The molecule has 5 nitrogen and oxygen atoms in total. The van der Waals surface area contributed by atoms with Crippen molar-refractivity contribution in [2.24, 2.45) is 5.10 Å². The highest BCUT2D eigenvalue weighted by atomic mass is 16.3. The molecule has 0 aromatic heterocycles. The highest BCUT2D eigenvalue weighted by Crippen LogP contribution is 2.20. The number of nitrogens with zero attached hydrogens (tertiary/aromatic N) is 1. The molecule has 2 aromatic carbocycles. The van der Waals surface area contributed by atoms with Gasteiger partial charge in [0, 0.05) is 17.2 Å². The number of nitrogens with one attached hydrogen (secondary N) is 1. The molecule has 0 saturated heterocycles. The molecule has 2 rings (SSSR count). The first-order valence-corrected chi connectivity index (χ1v) is 6.81. The van der Waals surface area contributed by atoms with Crippen LogP contribution >= 0.6 is 0 Å². The third kappa shape index (κ3) is 3.63. The minimum absolute atomic E-state index is 0.131. The molecule has 0 bridgehead atoms. The van der Waals surface area contributed by atoms with E-state index in [0.29, 0.717) is 0 Å². The van der Waals surface area contributed by atoms with E-state index < -0.39 is 5.91 Å². The lowest BCUT2D eigenvalue weighted by Gasteiger charge is -2.06. The van der Waals surface area contributed by atoms with Gasteiger partial charge >= 0.3 is 0 Å². The van der Waals surface area contributed by atoms with Crippen LogP contribution in [-0.2, 0) is 0 Å². The van der Waals surface area contributed by atoms with Gasteiger partial charge in [-0.1, -0.05) is 17.7 Å². The molecule has 0 saturated carbocycles. The predicted octanol–water partition coefficient (Wildman–Crippen LogP) is 2.79. The number of phenolic OH excluding ortho intramolecular Hbond substituents is 2. The smallest absolute Gasteiger partial charge is 0.271 e. The second-order valence-corrected chi connectivity index (χ2v) is 5.25. The maximum atomic E-state index is 11.9. The van der Waals surface area contributed by atoms with E-state index in [4.69, 9.17) is 0 Å². The summed E-state index contributed by atoms with van der Waals surface area (Å²) in [5.41, 5.74) is 6.78. The van der Waals surface area contributed by atoms with Crippen molar-refractivity contribution < 1.29 is 15.0 Å². The van der Waals surface area contributed by atoms with Crippen molar-refractivity contribution in [1.82, 2.24) is 5.43 Å². The number of benzene rings is 2. The summed E-state index contributed by atoms with van der Waals surface area (Å²) in [5, 5.41) is 22.7. The monoisotopic (exact) mass is 298 g/mol. The largest absolute Gasteiger partial charge is 0.508 e. The number of carbonyl (C=O) groups excluding carboxylic acids is 1. The van der Waals surface area contributed by atoms with E-state index >= 15 is 0 Å². The Balaban J connectivity index is 2.14. The Morgan fingerprint density at radius 1 is 1.00 bits per heavy atom. The fourth-order valence-electron chi connectivity index (χ4n) is 2.34. The van der Waals surface area contributed by atoms with Crippen LogP contribution < -0.4 is 5.43 Å². The fraction of sp³-hybridized carbons (Fsp3) is 0.176. The Labute approximate surface area is 128 Å². The van der Waals surface area contributed by atoms with Crippen molar-refractivity contribution in [3.8, 4) is 11.5 Å². The van der Waals surface area contributed by atoms with Crippen molar-refractivity contribution in [2.75, 3.05) is 0 Å². The van der Waals surface area contributed by atoms with E-state index in [1.807, 2.05) is 32.9 Å². The quantitative estimate of drug-likeness (QED) is 0.602. The standard InChI is InChI=1S/C17H18N2O3/c1-10-4-11(2)16(12(3)5-10)9-18-19-17(22)13-6-14(20)8-15(21)7-13/h4-9,20-21H,1-3H3,(H,19,22)/b18-9-. The molecule has 22 heavy (non-hydrogen) atoms. The SMILES string of the molecule is Cc1cc(C)c(/C=N\NC(=O)c2cc(O)cc(O)c2)c(C)c1. The average Bonchev–Trinajstić information content (AvgIpc) is 2.40. The summed E-state index contributed by atoms with van der Waals surface area (Å²) in [4.78, 5) is 11.9. The molecule has 5 heteroatoms. The molecule has 114 valence electrons. The van der Waals surface area contributed by atoms with Crippen molar-refractivity contribution in [3.63, 3.8) is 0 Å². The van der Waals surface area contributed by atoms with E-state index in [9.17, 15) is 15.0 Å². The number of aromatic hydroxyl groups is 2. The number of amides is 1. The van der Waals surface area contributed by atoms with Crippen LogP contribution in [0, 0.1) is 20.8 Å². The minimum atomic E-state index is -0.509. The Morgan fingerprint density at radius 3 is 2.09 bits per heavy atom. The summed E-state index contributed by atoms with van der Waals surface area (Å²) >= 11 is 0. The molecule has 0 heterocycles. The molecule has 0 radical (unpaired) electrons. The number of aryl methyl sites for hydroxylation is 3. The van der Waals surface area contributed by atoms with Crippen LogP contribution in [0.2, 0.25) is 0 Å². The minimum Gasteiger partial charge on any atom is -0.508 e. The third-order valence-corrected chi connectivity index (χ3v) is 3.26. The van der Waals surface area contributed by atoms with Gasteiger partial charge in [-0.15, -0.1) is 0 Å². The highest BCUT2D eigenvalue weighted by Gasteiger charge is 2.07. The number of hydrazone groups is 1. The van der Waals surface area contributed by atoms with Crippen molar-refractivity contribution >= 4 is 12.1 Å². The molecule has 0 atom stereocenters. The Morgan fingerprint density at radius 2 is 1.55 bits per heavy atom. The summed E-state index contributed by atoms with van der Waals surface area (Å²) in [6, 6.07) is 7.76. The number of hydrogen-bond donors (Lipinski definition) is 3. The predicted molar refractivity (Wildman–Crippen MR) is 85.5 cm³/mol. The summed E-state index contributed by atoms with van der Waals surface area (Å²) in [5.74, 6) is -0.872. The van der Waals surface area contributed by atoms with Crippen LogP contribution in [0.15, 0.2) is 35.4 Å². The van der Waals surface area contributed by atoms with Gasteiger partial charge in [-0.05, 0) is 44.0 Å². The molecule has 3 N–H and O–H groups in total. The molecule has 0 aliphatic carbocycles. The van der Waals surface area contributed by atoms with Gasteiger partial charge in [0.15, 0.2) is 0 Å². The average molecular weight is 298 g/mol. The molecular formula is C17H18N2O3. The molecule has 0 spiro atoms. The van der Waals surface area contributed by atoms with Crippen molar-refractivity contribution in [2.45, 2.75) is 20.8 Å². The highest BCUT2D eigenvalue weighted by molar-refractivity contribution is 5.95. The van der Waals surface area contributed by atoms with E-state index in [0.717, 1.165) is 22.8 Å². The van der Waals surface area contributed by atoms with E-state index in [1.54, 1.807) is 6.21 Å². The van der Waals surface area contributed by atoms with Gasteiger partial charge in [-0.2, -0.15) is 5.10 Å². The van der Waals surface area contributed by atoms with Gasteiger partial charge in [0.2, 0.25) is 0 Å². The van der Waals surface area contributed by atoms with Crippen LogP contribution in [0.4, 0.5) is 0 Å². The number of carbonyl (C=O) groups is 1. The first-order chi connectivity index (χ1) is 10.4. The maximum Gasteiger partial charge on any atom is 0.271 e. The van der Waals surface area contributed by atoms with Crippen LogP contribution in [0.1, 0.15) is 32.6 Å². The Hall–Kier alpha value is -2.82. The molecule has 0 unspecified atom stereocenters. The topological polar surface area (TPSA) is 81.9 Å². The van der Waals surface area contributed by atoms with Gasteiger partial charge in [0.25, 0.3) is 5.91 Å². The lowest BCUT2D eigenvalue weighted by Crippen LogP contribution is -2.17. The Bertz CT molecular complexity index is 708. The first kappa shape index (κ1) is 15.6. The van der Waals surface area contributed by atoms with Crippen molar-refractivity contribution in [1.29, 1.82) is 0 Å². The van der Waals surface area contributed by atoms with Crippen LogP contribution in [-0.4, -0.2) is 22.3 Å².